The average Bonchev–Trinajstić information content (AvgIpc) is 3.13. The molecule has 1 aromatic heterocycles. The Balaban J connectivity index is 2.49. The second-order valence-corrected chi connectivity index (χ2v) is 6.51. The molecule has 160 valence electrons. The minimum atomic E-state index is -0.00597. The summed E-state index contributed by atoms with van der Waals surface area (Å²) in [5.74, 6) is 0.279. The molecule has 0 aliphatic heterocycles. The summed E-state index contributed by atoms with van der Waals surface area (Å²) in [6, 6.07) is 5.77. The molecular formula is C22H26N8O. The number of hydrogen-bond donors (Lipinski definition) is 0. The van der Waals surface area contributed by atoms with Gasteiger partial charge in [-0.15, -0.1) is 5.11 Å². The van der Waals surface area contributed by atoms with Gasteiger partial charge >= 0.3 is 5.95 Å². The molecule has 0 aliphatic carbocycles. The molecule has 1 aromatic carbocycles. The lowest BCUT2D eigenvalue weighted by Gasteiger charge is -2.24. The third-order valence-corrected chi connectivity index (χ3v) is 4.28. The Morgan fingerprint density at radius 1 is 1.16 bits per heavy atom. The fourth-order valence-electron chi connectivity index (χ4n) is 2.99. The first-order valence-corrected chi connectivity index (χ1v) is 9.95. The van der Waals surface area contributed by atoms with Gasteiger partial charge in [-0.2, -0.15) is 0 Å². The Morgan fingerprint density at radius 2 is 1.90 bits per heavy atom. The fraction of sp³-hybridized carbons (Fsp3) is 0.364. The van der Waals surface area contributed by atoms with E-state index < -0.39 is 0 Å². The van der Waals surface area contributed by atoms with Crippen molar-refractivity contribution in [3.05, 3.63) is 53.7 Å². The molecule has 0 spiro atoms. The summed E-state index contributed by atoms with van der Waals surface area (Å²) in [6.07, 6.45) is 5.03. The van der Waals surface area contributed by atoms with Gasteiger partial charge in [-0.1, -0.05) is 49.7 Å². The SMILES string of the molecule is [C-]#[N+]c1nc(N=Nc2ccc(N(CCC)CCC)cc2/N=C\OC)n(CC=C)c1[N+]#[C-]. The lowest BCUT2D eigenvalue weighted by molar-refractivity contribution is 0.423. The molecule has 0 N–H and O–H groups in total. The van der Waals surface area contributed by atoms with Crippen LogP contribution in [0.2, 0.25) is 0 Å². The van der Waals surface area contributed by atoms with E-state index in [1.165, 1.54) is 18.1 Å². The molecule has 0 aliphatic rings. The Hall–Kier alpha value is -3.98. The summed E-state index contributed by atoms with van der Waals surface area (Å²) in [7, 11) is 1.53. The van der Waals surface area contributed by atoms with Gasteiger partial charge in [0.05, 0.1) is 19.3 Å². The summed E-state index contributed by atoms with van der Waals surface area (Å²) in [5, 5.41) is 8.50. The second kappa shape index (κ2) is 11.9. The Kier molecular flexibility index (Phi) is 8.93. The molecule has 1 heterocycles. The topological polar surface area (TPSA) is 76.1 Å². The van der Waals surface area contributed by atoms with E-state index in [2.05, 4.69) is 55.2 Å². The Bertz CT molecular complexity index is 1030. The summed E-state index contributed by atoms with van der Waals surface area (Å²) in [5.41, 5.74) is 2.16. The average molecular weight is 419 g/mol. The number of anilines is 1. The van der Waals surface area contributed by atoms with Crippen LogP contribution in [0.25, 0.3) is 9.69 Å². The highest BCUT2D eigenvalue weighted by Gasteiger charge is 2.21. The van der Waals surface area contributed by atoms with Gasteiger partial charge in [0.15, 0.2) is 6.40 Å². The zero-order valence-electron chi connectivity index (χ0n) is 18.1. The summed E-state index contributed by atoms with van der Waals surface area (Å²) in [6.45, 7) is 24.7. The molecular weight excluding hydrogens is 392 g/mol. The highest BCUT2D eigenvalue weighted by atomic mass is 16.5. The van der Waals surface area contributed by atoms with Gasteiger partial charge in [-0.05, 0) is 31.0 Å². The van der Waals surface area contributed by atoms with Crippen LogP contribution in [-0.4, -0.2) is 36.2 Å². The molecule has 0 atom stereocenters. The van der Waals surface area contributed by atoms with Gasteiger partial charge in [0, 0.05) is 18.8 Å². The van der Waals surface area contributed by atoms with Crippen LogP contribution in [0.1, 0.15) is 26.7 Å². The van der Waals surface area contributed by atoms with Crippen molar-refractivity contribution < 1.29 is 4.74 Å². The van der Waals surface area contributed by atoms with Gasteiger partial charge in [0.1, 0.15) is 5.69 Å². The largest absolute Gasteiger partial charge is 0.486 e. The molecule has 9 nitrogen and oxygen atoms in total. The molecule has 0 fully saturated rings. The van der Waals surface area contributed by atoms with E-state index in [1.807, 2.05) is 18.2 Å². The van der Waals surface area contributed by atoms with E-state index in [0.717, 1.165) is 31.6 Å². The first-order chi connectivity index (χ1) is 15.1. The highest BCUT2D eigenvalue weighted by molar-refractivity contribution is 5.72. The number of aliphatic imine (C=N–C) groups is 1. The number of ether oxygens (including phenoxy) is 1. The van der Waals surface area contributed by atoms with Gasteiger partial charge in [-0.25, -0.2) is 9.56 Å². The number of aromatic nitrogens is 2. The number of methoxy groups -OCH3 is 1. The molecule has 31 heavy (non-hydrogen) atoms. The minimum absolute atomic E-state index is 0.00597. The van der Waals surface area contributed by atoms with Crippen LogP contribution in [0.3, 0.4) is 0 Å². The summed E-state index contributed by atoms with van der Waals surface area (Å²) < 4.78 is 6.49. The smallest absolute Gasteiger partial charge is 0.417 e. The van der Waals surface area contributed by atoms with Gasteiger partial charge < -0.3 is 19.3 Å². The number of hydrogen-bond acceptors (Lipinski definition) is 6. The first kappa shape index (κ1) is 23.3. The fourth-order valence-corrected chi connectivity index (χ4v) is 2.99. The number of imidazole rings is 1. The van der Waals surface area contributed by atoms with Crippen molar-refractivity contribution in [3.8, 4) is 0 Å². The molecule has 0 unspecified atom stereocenters. The second-order valence-electron chi connectivity index (χ2n) is 6.51. The highest BCUT2D eigenvalue weighted by Crippen LogP contribution is 2.36. The van der Waals surface area contributed by atoms with E-state index >= 15 is 0 Å². The zero-order chi connectivity index (χ0) is 22.6. The molecule has 2 rings (SSSR count). The maximum absolute atomic E-state index is 7.34. The Labute approximate surface area is 183 Å². The first-order valence-electron chi connectivity index (χ1n) is 9.95. The van der Waals surface area contributed by atoms with E-state index in [1.54, 1.807) is 6.08 Å². The summed E-state index contributed by atoms with van der Waals surface area (Å²) in [4.78, 5) is 17.5. The van der Waals surface area contributed by atoms with Crippen molar-refractivity contribution in [1.82, 2.24) is 9.55 Å². The van der Waals surface area contributed by atoms with Crippen LogP contribution in [0.15, 0.2) is 46.1 Å². The number of nitrogens with zero attached hydrogens (tertiary/aromatic N) is 8. The van der Waals surface area contributed by atoms with Crippen LogP contribution in [0.5, 0.6) is 0 Å². The molecule has 0 radical (unpaired) electrons. The van der Waals surface area contributed by atoms with E-state index in [-0.39, 0.29) is 17.6 Å². The van der Waals surface area contributed by atoms with Gasteiger partial charge in [0.2, 0.25) is 0 Å². The van der Waals surface area contributed by atoms with Crippen molar-refractivity contribution in [2.75, 3.05) is 25.1 Å². The van der Waals surface area contributed by atoms with E-state index in [4.69, 9.17) is 17.9 Å². The molecule has 0 bridgehead atoms. The van der Waals surface area contributed by atoms with Crippen molar-refractivity contribution in [1.29, 1.82) is 0 Å². The number of rotatable bonds is 11. The number of allylic oxidation sites excluding steroid dienone is 1. The van der Waals surface area contributed by atoms with Crippen LogP contribution in [0, 0.1) is 13.1 Å². The lowest BCUT2D eigenvalue weighted by atomic mass is 10.2. The standard InChI is InChI=1S/C22H26N8O/c1-7-12-29(13-8-2)17-10-11-18(19(15-17)25-16-31-6)27-28-22-26-20(23-4)21(24-5)30(22)14-9-3/h9-11,15-16H,3,7-8,12-14H2,1-2,6H3/b25-16-,28-27?. The monoisotopic (exact) mass is 418 g/mol. The van der Waals surface area contributed by atoms with Crippen LogP contribution >= 0.6 is 0 Å². The lowest BCUT2D eigenvalue weighted by Crippen LogP contribution is -2.24. The quantitative estimate of drug-likeness (QED) is 0.137. The molecule has 0 saturated heterocycles. The van der Waals surface area contributed by atoms with Gasteiger partial charge in [-0.3, -0.25) is 0 Å². The third kappa shape index (κ3) is 5.77. The van der Waals surface area contributed by atoms with Crippen molar-refractivity contribution in [2.45, 2.75) is 33.2 Å². The van der Waals surface area contributed by atoms with Crippen molar-refractivity contribution >= 4 is 41.0 Å². The van der Waals surface area contributed by atoms with Crippen LogP contribution < -0.4 is 4.90 Å². The minimum Gasteiger partial charge on any atom is -0.486 e. The van der Waals surface area contributed by atoms with Gasteiger partial charge in [0.25, 0.3) is 11.6 Å². The summed E-state index contributed by atoms with van der Waals surface area (Å²) >= 11 is 0. The maximum atomic E-state index is 7.34. The zero-order valence-corrected chi connectivity index (χ0v) is 18.1. The number of azo groups is 1. The predicted molar refractivity (Wildman–Crippen MR) is 124 cm³/mol. The molecule has 2 aromatic rings. The molecule has 0 saturated carbocycles. The predicted octanol–water partition coefficient (Wildman–Crippen LogP) is 6.52. The molecule has 9 heteroatoms. The normalized spacial score (nSPS) is 10.9. The van der Waals surface area contributed by atoms with E-state index in [9.17, 15) is 0 Å². The van der Waals surface area contributed by atoms with Crippen LogP contribution in [-0.2, 0) is 11.3 Å². The third-order valence-electron chi connectivity index (χ3n) is 4.28. The van der Waals surface area contributed by atoms with Crippen LogP contribution in [0.4, 0.5) is 34.6 Å². The number of benzene rings is 1. The Morgan fingerprint density at radius 3 is 2.48 bits per heavy atom. The molecule has 0 amide bonds. The van der Waals surface area contributed by atoms with Crippen molar-refractivity contribution in [3.63, 3.8) is 0 Å². The maximum Gasteiger partial charge on any atom is 0.417 e. The van der Waals surface area contributed by atoms with Crippen molar-refractivity contribution in [2.24, 2.45) is 15.2 Å². The van der Waals surface area contributed by atoms with E-state index in [0.29, 0.717) is 17.9 Å².